The monoisotopic (exact) mass is 239 g/mol. The first-order valence-electron chi connectivity index (χ1n) is 5.69. The van der Waals surface area contributed by atoms with E-state index in [0.29, 0.717) is 6.54 Å². The molecule has 0 heterocycles. The van der Waals surface area contributed by atoms with Gasteiger partial charge in [-0.1, -0.05) is 0 Å². The van der Waals surface area contributed by atoms with Crippen molar-refractivity contribution in [3.05, 3.63) is 23.8 Å². The lowest BCUT2D eigenvalue weighted by Crippen LogP contribution is -2.20. The highest BCUT2D eigenvalue weighted by Gasteiger charge is 2.17. The summed E-state index contributed by atoms with van der Waals surface area (Å²) in [5.41, 5.74) is 6.67. The molecular formula is C13H21NO3. The Morgan fingerprint density at radius 3 is 2.35 bits per heavy atom. The lowest BCUT2D eigenvalue weighted by atomic mass is 10.1. The van der Waals surface area contributed by atoms with E-state index in [4.69, 9.17) is 19.9 Å². The van der Waals surface area contributed by atoms with Crippen LogP contribution in [0.2, 0.25) is 0 Å². The van der Waals surface area contributed by atoms with Crippen LogP contribution in [0.5, 0.6) is 11.5 Å². The minimum atomic E-state index is -0.181. The summed E-state index contributed by atoms with van der Waals surface area (Å²) in [7, 11) is 3.26. The number of hydrogen-bond acceptors (Lipinski definition) is 4. The van der Waals surface area contributed by atoms with Crippen molar-refractivity contribution in [3.63, 3.8) is 0 Å². The van der Waals surface area contributed by atoms with Crippen LogP contribution >= 0.6 is 0 Å². The smallest absolute Gasteiger partial charge is 0.124 e. The number of ether oxygens (including phenoxy) is 3. The predicted octanol–water partition coefficient (Wildman–Crippen LogP) is 2.13. The molecule has 0 aromatic heterocycles. The van der Waals surface area contributed by atoms with E-state index in [2.05, 4.69) is 0 Å². The average molecular weight is 239 g/mol. The molecule has 0 fully saturated rings. The van der Waals surface area contributed by atoms with Gasteiger partial charge in [0.25, 0.3) is 0 Å². The van der Waals surface area contributed by atoms with Gasteiger partial charge in [0, 0.05) is 12.1 Å². The molecule has 0 aliphatic heterocycles. The Hall–Kier alpha value is -1.26. The normalized spacial score (nSPS) is 12.6. The number of hydrogen-bond donors (Lipinski definition) is 1. The molecule has 4 heteroatoms. The molecule has 0 saturated heterocycles. The van der Waals surface area contributed by atoms with Crippen LogP contribution in [-0.4, -0.2) is 26.9 Å². The van der Waals surface area contributed by atoms with Crippen LogP contribution in [0.25, 0.3) is 0 Å². The molecule has 0 saturated carbocycles. The van der Waals surface area contributed by atoms with Crippen molar-refractivity contribution in [2.75, 3.05) is 20.8 Å². The molecule has 1 aromatic carbocycles. The molecule has 4 nitrogen and oxygen atoms in total. The zero-order valence-electron chi connectivity index (χ0n) is 10.9. The van der Waals surface area contributed by atoms with Crippen molar-refractivity contribution in [1.29, 1.82) is 0 Å². The van der Waals surface area contributed by atoms with Crippen LogP contribution in [0.3, 0.4) is 0 Å². The molecule has 0 spiro atoms. The molecule has 0 aliphatic rings. The zero-order chi connectivity index (χ0) is 12.8. The molecule has 1 rings (SSSR count). The molecule has 0 amide bonds. The molecule has 0 radical (unpaired) electrons. The van der Waals surface area contributed by atoms with Crippen LogP contribution in [0, 0.1) is 0 Å². The third-order valence-corrected chi connectivity index (χ3v) is 2.43. The zero-order valence-corrected chi connectivity index (χ0v) is 10.9. The Kier molecular flexibility index (Phi) is 5.25. The highest BCUT2D eigenvalue weighted by Crippen LogP contribution is 2.31. The van der Waals surface area contributed by atoms with E-state index in [0.717, 1.165) is 17.1 Å². The van der Waals surface area contributed by atoms with Gasteiger partial charge in [0.2, 0.25) is 0 Å². The summed E-state index contributed by atoms with van der Waals surface area (Å²) in [5.74, 6) is 1.54. The summed E-state index contributed by atoms with van der Waals surface area (Å²) in [6.45, 7) is 4.37. The van der Waals surface area contributed by atoms with Crippen molar-refractivity contribution in [2.45, 2.75) is 26.1 Å². The quantitative estimate of drug-likeness (QED) is 0.826. The van der Waals surface area contributed by atoms with E-state index in [1.807, 2.05) is 32.0 Å². The largest absolute Gasteiger partial charge is 0.497 e. The molecule has 0 aliphatic carbocycles. The van der Waals surface area contributed by atoms with Crippen LogP contribution in [0.15, 0.2) is 18.2 Å². The van der Waals surface area contributed by atoms with Gasteiger partial charge in [-0.3, -0.25) is 0 Å². The Morgan fingerprint density at radius 2 is 1.88 bits per heavy atom. The predicted molar refractivity (Wildman–Crippen MR) is 67.6 cm³/mol. The van der Waals surface area contributed by atoms with E-state index in [9.17, 15) is 0 Å². The first kappa shape index (κ1) is 13.8. The fourth-order valence-corrected chi connectivity index (χ4v) is 1.68. The lowest BCUT2D eigenvalue weighted by Gasteiger charge is -2.21. The number of methoxy groups -OCH3 is 2. The van der Waals surface area contributed by atoms with Crippen molar-refractivity contribution in [3.8, 4) is 11.5 Å². The maximum Gasteiger partial charge on any atom is 0.124 e. The van der Waals surface area contributed by atoms with Gasteiger partial charge < -0.3 is 19.9 Å². The van der Waals surface area contributed by atoms with Gasteiger partial charge in [-0.15, -0.1) is 0 Å². The van der Waals surface area contributed by atoms with E-state index >= 15 is 0 Å². The second kappa shape index (κ2) is 6.47. The average Bonchev–Trinajstić information content (AvgIpc) is 2.34. The topological polar surface area (TPSA) is 53.7 Å². The summed E-state index contributed by atoms with van der Waals surface area (Å²) in [6, 6.07) is 5.62. The van der Waals surface area contributed by atoms with Crippen LogP contribution < -0.4 is 15.2 Å². The minimum Gasteiger partial charge on any atom is -0.497 e. The van der Waals surface area contributed by atoms with Crippen molar-refractivity contribution >= 4 is 0 Å². The Morgan fingerprint density at radius 1 is 1.18 bits per heavy atom. The molecule has 2 N–H and O–H groups in total. The SMILES string of the molecule is COc1ccc(OC)c([C@H](CN)OC(C)C)c1. The fourth-order valence-electron chi connectivity index (χ4n) is 1.68. The summed E-state index contributed by atoms with van der Waals surface area (Å²) in [6.07, 6.45) is -0.0699. The molecule has 1 aromatic rings. The third kappa shape index (κ3) is 3.61. The molecule has 96 valence electrons. The van der Waals surface area contributed by atoms with Crippen LogP contribution in [-0.2, 0) is 4.74 Å². The van der Waals surface area contributed by atoms with Crippen LogP contribution in [0.4, 0.5) is 0 Å². The van der Waals surface area contributed by atoms with Gasteiger partial charge in [0.1, 0.15) is 11.5 Å². The van der Waals surface area contributed by atoms with Gasteiger partial charge in [-0.25, -0.2) is 0 Å². The summed E-state index contributed by atoms with van der Waals surface area (Å²) < 4.78 is 16.3. The fraction of sp³-hybridized carbons (Fsp3) is 0.538. The van der Waals surface area contributed by atoms with E-state index in [-0.39, 0.29) is 12.2 Å². The lowest BCUT2D eigenvalue weighted by molar-refractivity contribution is 0.0106. The molecule has 0 unspecified atom stereocenters. The van der Waals surface area contributed by atoms with E-state index < -0.39 is 0 Å². The van der Waals surface area contributed by atoms with Gasteiger partial charge in [0.15, 0.2) is 0 Å². The number of rotatable bonds is 6. The summed E-state index contributed by atoms with van der Waals surface area (Å²) >= 11 is 0. The van der Waals surface area contributed by atoms with Crippen molar-refractivity contribution < 1.29 is 14.2 Å². The van der Waals surface area contributed by atoms with E-state index in [1.54, 1.807) is 14.2 Å². The van der Waals surface area contributed by atoms with Gasteiger partial charge in [-0.2, -0.15) is 0 Å². The van der Waals surface area contributed by atoms with Crippen molar-refractivity contribution in [2.24, 2.45) is 5.73 Å². The second-order valence-corrected chi connectivity index (χ2v) is 4.02. The summed E-state index contributed by atoms with van der Waals surface area (Å²) in [5, 5.41) is 0. The van der Waals surface area contributed by atoms with Gasteiger partial charge in [0.05, 0.1) is 26.4 Å². The summed E-state index contributed by atoms with van der Waals surface area (Å²) in [4.78, 5) is 0. The van der Waals surface area contributed by atoms with Crippen molar-refractivity contribution in [1.82, 2.24) is 0 Å². The highest BCUT2D eigenvalue weighted by molar-refractivity contribution is 5.41. The Balaban J connectivity index is 3.05. The standard InChI is InChI=1S/C13H21NO3/c1-9(2)17-13(8-14)11-7-10(15-3)5-6-12(11)16-4/h5-7,9,13H,8,14H2,1-4H3/t13-/m0/s1. The van der Waals surface area contributed by atoms with Crippen LogP contribution in [0.1, 0.15) is 25.5 Å². The number of benzene rings is 1. The Labute approximate surface area is 103 Å². The minimum absolute atomic E-state index is 0.111. The molecule has 0 bridgehead atoms. The van der Waals surface area contributed by atoms with Gasteiger partial charge >= 0.3 is 0 Å². The van der Waals surface area contributed by atoms with Gasteiger partial charge in [-0.05, 0) is 32.0 Å². The highest BCUT2D eigenvalue weighted by atomic mass is 16.5. The maximum absolute atomic E-state index is 5.77. The van der Waals surface area contributed by atoms with E-state index in [1.165, 1.54) is 0 Å². The first-order valence-corrected chi connectivity index (χ1v) is 5.69. The Bertz CT molecular complexity index is 353. The third-order valence-electron chi connectivity index (χ3n) is 2.43. The maximum atomic E-state index is 5.77. The first-order chi connectivity index (χ1) is 8.12. The molecule has 1 atom stereocenters. The molecule has 17 heavy (non-hydrogen) atoms. The molecular weight excluding hydrogens is 218 g/mol. The number of nitrogens with two attached hydrogens (primary N) is 1. The second-order valence-electron chi connectivity index (χ2n) is 4.02.